The van der Waals surface area contributed by atoms with E-state index in [9.17, 15) is 5.11 Å². The van der Waals surface area contributed by atoms with Crippen LogP contribution >= 0.6 is 11.3 Å². The van der Waals surface area contributed by atoms with Crippen LogP contribution < -0.4 is 28.5 Å². The van der Waals surface area contributed by atoms with Crippen LogP contribution in [0.15, 0.2) is 60.9 Å². The van der Waals surface area contributed by atoms with Crippen molar-refractivity contribution in [1.82, 2.24) is 4.98 Å². The van der Waals surface area contributed by atoms with Gasteiger partial charge in [-0.05, 0) is 42.3 Å². The van der Waals surface area contributed by atoms with Gasteiger partial charge in [0.1, 0.15) is 17.8 Å². The summed E-state index contributed by atoms with van der Waals surface area (Å²) < 4.78 is 3.12. The van der Waals surface area contributed by atoms with Crippen molar-refractivity contribution in [2.75, 3.05) is 0 Å². The highest BCUT2D eigenvalue weighted by Crippen LogP contribution is 2.38. The molecule has 0 aliphatic heterocycles. The van der Waals surface area contributed by atoms with E-state index >= 15 is 0 Å². The standard InChI is InChI=1S/C22H18N2OS.HI/c1-15-13-17(8-7-16-9-11-24(2)12-10-16)21(25)18(14-15)22-23-19-5-3-4-6-20(19)26-22;/h3-14H,1-2H3;1H. The first kappa shape index (κ1) is 19.5. The summed E-state index contributed by atoms with van der Waals surface area (Å²) in [5.41, 5.74) is 4.72. The van der Waals surface area contributed by atoms with E-state index in [1.54, 1.807) is 11.3 Å². The van der Waals surface area contributed by atoms with Gasteiger partial charge >= 0.3 is 0 Å². The van der Waals surface area contributed by atoms with Crippen LogP contribution in [0.1, 0.15) is 16.7 Å². The van der Waals surface area contributed by atoms with Crippen LogP contribution in [-0.2, 0) is 7.05 Å². The van der Waals surface area contributed by atoms with Crippen LogP contribution in [-0.4, -0.2) is 10.1 Å². The molecule has 2 aromatic heterocycles. The Balaban J connectivity index is 0.00000210. The van der Waals surface area contributed by atoms with E-state index in [4.69, 9.17) is 0 Å². The fourth-order valence-corrected chi connectivity index (χ4v) is 3.88. The van der Waals surface area contributed by atoms with Gasteiger partial charge in [0, 0.05) is 17.7 Å². The Bertz CT molecular complexity index is 1080. The Morgan fingerprint density at radius 3 is 2.52 bits per heavy atom. The molecule has 0 saturated carbocycles. The van der Waals surface area contributed by atoms with E-state index in [1.165, 1.54) is 0 Å². The molecule has 4 aromatic rings. The molecule has 0 unspecified atom stereocenters. The number of halogens is 1. The van der Waals surface area contributed by atoms with Gasteiger partial charge in [0.2, 0.25) is 0 Å². The molecule has 0 spiro atoms. The minimum atomic E-state index is 0. The molecule has 0 radical (unpaired) electrons. The van der Waals surface area contributed by atoms with E-state index in [0.29, 0.717) is 0 Å². The molecule has 3 nitrogen and oxygen atoms in total. The number of aryl methyl sites for hydroxylation is 2. The first-order valence-corrected chi connectivity index (χ1v) is 9.25. The Hall–Kier alpha value is -2.25. The maximum Gasteiger partial charge on any atom is 0.169 e. The van der Waals surface area contributed by atoms with Gasteiger partial charge in [0.05, 0.1) is 15.8 Å². The predicted molar refractivity (Wildman–Crippen MR) is 108 cm³/mol. The van der Waals surface area contributed by atoms with Crippen molar-refractivity contribution in [3.8, 4) is 16.3 Å². The minimum absolute atomic E-state index is 0. The number of aromatic nitrogens is 2. The summed E-state index contributed by atoms with van der Waals surface area (Å²) in [6.45, 7) is 2.04. The maximum absolute atomic E-state index is 10.8. The molecule has 2 heterocycles. The molecule has 5 heteroatoms. The van der Waals surface area contributed by atoms with Crippen molar-refractivity contribution in [3.05, 3.63) is 77.6 Å². The van der Waals surface area contributed by atoms with Gasteiger partial charge in [-0.3, -0.25) is 0 Å². The number of para-hydroxylation sites is 1. The lowest BCUT2D eigenvalue weighted by molar-refractivity contribution is -0.671. The van der Waals surface area contributed by atoms with Crippen molar-refractivity contribution >= 4 is 33.7 Å². The predicted octanol–water partition coefficient (Wildman–Crippen LogP) is 1.98. The van der Waals surface area contributed by atoms with Crippen LogP contribution in [0.25, 0.3) is 32.9 Å². The van der Waals surface area contributed by atoms with Gasteiger partial charge in [0.15, 0.2) is 12.4 Å². The van der Waals surface area contributed by atoms with Crippen molar-refractivity contribution in [3.63, 3.8) is 0 Å². The van der Waals surface area contributed by atoms with E-state index in [-0.39, 0.29) is 29.7 Å². The van der Waals surface area contributed by atoms with Gasteiger partial charge in [-0.15, -0.1) is 11.3 Å². The average molecular weight is 486 g/mol. The summed E-state index contributed by atoms with van der Waals surface area (Å²) in [6, 6.07) is 16.1. The zero-order chi connectivity index (χ0) is 18.1. The van der Waals surface area contributed by atoms with E-state index in [1.807, 2.05) is 85.5 Å². The van der Waals surface area contributed by atoms with Crippen molar-refractivity contribution in [2.24, 2.45) is 7.05 Å². The lowest BCUT2D eigenvalue weighted by Gasteiger charge is -2.07. The number of pyridine rings is 1. The fourth-order valence-electron chi connectivity index (χ4n) is 2.89. The molecule has 0 atom stereocenters. The van der Waals surface area contributed by atoms with Crippen LogP contribution in [0.3, 0.4) is 0 Å². The average Bonchev–Trinajstić information content (AvgIpc) is 3.07. The number of thiazole rings is 1. The zero-order valence-corrected chi connectivity index (χ0v) is 18.0. The Morgan fingerprint density at radius 2 is 1.78 bits per heavy atom. The van der Waals surface area contributed by atoms with Gasteiger partial charge < -0.3 is 29.1 Å². The number of nitrogens with zero attached hydrogens (tertiary/aromatic N) is 2. The van der Waals surface area contributed by atoms with Crippen molar-refractivity contribution in [1.29, 1.82) is 0 Å². The number of hydrogen-bond acceptors (Lipinski definition) is 3. The molecule has 0 aliphatic carbocycles. The monoisotopic (exact) mass is 486 g/mol. The lowest BCUT2D eigenvalue weighted by atomic mass is 10.0. The number of hydrogen-bond donors (Lipinski definition) is 1. The normalized spacial score (nSPS) is 11.0. The van der Waals surface area contributed by atoms with Crippen LogP contribution in [0.4, 0.5) is 0 Å². The first-order chi connectivity index (χ1) is 12.6. The number of aromatic hydroxyl groups is 1. The largest absolute Gasteiger partial charge is 1.00 e. The van der Waals surface area contributed by atoms with Crippen LogP contribution in [0.2, 0.25) is 0 Å². The second-order valence-corrected chi connectivity index (χ2v) is 7.40. The number of phenolic OH excluding ortho intramolecular Hbond substituents is 1. The van der Waals surface area contributed by atoms with E-state index in [2.05, 4.69) is 11.1 Å². The SMILES string of the molecule is Cc1cc(C=Cc2cc[n+](C)cc2)c(O)c(-c2nc3ccccc3s2)c1.[I-]. The second kappa shape index (κ2) is 8.19. The first-order valence-electron chi connectivity index (χ1n) is 8.43. The number of phenols is 1. The number of rotatable bonds is 3. The van der Waals surface area contributed by atoms with Gasteiger partial charge in [0.25, 0.3) is 0 Å². The van der Waals surface area contributed by atoms with E-state index in [0.717, 1.165) is 37.5 Å². The van der Waals surface area contributed by atoms with Crippen LogP contribution in [0.5, 0.6) is 5.75 Å². The molecular formula is C22H19IN2OS. The number of benzene rings is 2. The summed E-state index contributed by atoms with van der Waals surface area (Å²) >= 11 is 1.60. The Kier molecular flexibility index (Phi) is 5.92. The molecule has 136 valence electrons. The minimum Gasteiger partial charge on any atom is -1.00 e. The molecule has 27 heavy (non-hydrogen) atoms. The summed E-state index contributed by atoms with van der Waals surface area (Å²) in [6.07, 6.45) is 7.97. The highest BCUT2D eigenvalue weighted by molar-refractivity contribution is 7.21. The van der Waals surface area contributed by atoms with Crippen molar-refractivity contribution in [2.45, 2.75) is 6.92 Å². The highest BCUT2D eigenvalue weighted by Gasteiger charge is 2.13. The molecule has 1 N–H and O–H groups in total. The highest BCUT2D eigenvalue weighted by atomic mass is 127. The van der Waals surface area contributed by atoms with Gasteiger partial charge in [-0.25, -0.2) is 9.55 Å². The van der Waals surface area contributed by atoms with Gasteiger partial charge in [-0.1, -0.05) is 24.3 Å². The molecule has 0 aliphatic rings. The molecule has 0 bridgehead atoms. The number of fused-ring (bicyclic) bond motifs is 1. The smallest absolute Gasteiger partial charge is 0.169 e. The summed E-state index contributed by atoms with van der Waals surface area (Å²) in [5.74, 6) is 0.271. The van der Waals surface area contributed by atoms with Crippen LogP contribution in [0, 0.1) is 6.92 Å². The Morgan fingerprint density at radius 1 is 1.04 bits per heavy atom. The third kappa shape index (κ3) is 4.20. The molecule has 0 saturated heterocycles. The fraction of sp³-hybridized carbons (Fsp3) is 0.0909. The quantitative estimate of drug-likeness (QED) is 0.355. The lowest BCUT2D eigenvalue weighted by Crippen LogP contribution is -3.00. The topological polar surface area (TPSA) is 37.0 Å². The third-order valence-electron chi connectivity index (χ3n) is 4.27. The molecular weight excluding hydrogens is 467 g/mol. The van der Waals surface area contributed by atoms with E-state index < -0.39 is 0 Å². The molecule has 2 aromatic carbocycles. The molecule has 4 rings (SSSR count). The zero-order valence-electron chi connectivity index (χ0n) is 15.1. The third-order valence-corrected chi connectivity index (χ3v) is 5.34. The Labute approximate surface area is 179 Å². The second-order valence-electron chi connectivity index (χ2n) is 6.37. The van der Waals surface area contributed by atoms with Crippen molar-refractivity contribution < 1.29 is 33.7 Å². The molecule has 0 fully saturated rings. The maximum atomic E-state index is 10.8. The molecule has 0 amide bonds. The summed E-state index contributed by atoms with van der Waals surface area (Å²) in [4.78, 5) is 4.69. The van der Waals surface area contributed by atoms with Gasteiger partial charge in [-0.2, -0.15) is 0 Å². The summed E-state index contributed by atoms with van der Waals surface area (Å²) in [5, 5.41) is 11.7. The summed E-state index contributed by atoms with van der Waals surface area (Å²) in [7, 11) is 1.99.